The summed E-state index contributed by atoms with van der Waals surface area (Å²) in [5.41, 5.74) is 0.909. The van der Waals surface area contributed by atoms with E-state index in [2.05, 4.69) is 36.8 Å². The molecule has 0 saturated carbocycles. The van der Waals surface area contributed by atoms with Crippen molar-refractivity contribution in [1.82, 2.24) is 46.6 Å². The fourth-order valence-corrected chi connectivity index (χ4v) is 17.6. The molecule has 3 aromatic carbocycles. The zero-order valence-corrected chi connectivity index (χ0v) is 86.8. The van der Waals surface area contributed by atoms with Crippen LogP contribution in [0.15, 0.2) is 91.0 Å². The van der Waals surface area contributed by atoms with Crippen LogP contribution in [0.3, 0.4) is 0 Å². The molecule has 4 fully saturated rings. The number of benzene rings is 3. The molecule has 0 radical (unpaired) electrons. The standard InChI is InChI=1S/C101H143N9O39/c1-59(111)104-85-93(142-70(12)122)89(130)77(55-135-63(5)115)146-97(85)131-53-31-27-41-83(128)108(45-43-102-81(126)39-25-29-51-132-98-86(105-60(2)112)94(143-71(13)123)90(139-67(9)119)78(147-98)56-136-64(6)116)47-49-110(101(74-33-19-16-20-34-74,75-35-21-17-22-36-75)76-37-23-18-24-38-76)50-48-109(84(129)42-28-32-54-134-100-88(107-62(4)114)96(145-73(15)125)92(141-69(11)121)80(149-100)58-138-66(8)118)46-44-103-82(127)40-26-30-52-133-99-87(106-61(3)113)95(144-72(14)124)91(140-68(10)120)79(148-99)57-137-65(7)117/h16-24,33-38,77-80,85-100,130H,25-32,39-58H2,1-15H3,(H,102,126)(H,103,127)(H,104,111)(H,105,112)(H,106,113)(H,107,114)/t77?,78?,79?,80?,85?,86?,87?,88?,89-,90-,91-,92-,93+,94+,95+,96+,97+,98+,99+,100+/m0/s1. The molecule has 0 bridgehead atoms. The highest BCUT2D eigenvalue weighted by Crippen LogP contribution is 2.43. The van der Waals surface area contributed by atoms with Crippen molar-refractivity contribution < 1.29 is 186 Å². The Labute approximate surface area is 863 Å². The van der Waals surface area contributed by atoms with Crippen LogP contribution in [-0.2, 0) is 187 Å². The topological polar surface area (TPSA) is 602 Å². The Balaban J connectivity index is 1.23. The number of hydrogen-bond donors (Lipinski definition) is 7. The molecule has 7 rings (SSSR count). The molecule has 48 nitrogen and oxygen atoms in total. The van der Waals surface area contributed by atoms with Gasteiger partial charge in [-0.1, -0.05) is 91.0 Å². The normalized spacial score (nSPS) is 23.4. The van der Waals surface area contributed by atoms with Gasteiger partial charge in [-0.05, 0) is 68.1 Å². The minimum absolute atomic E-state index is 0.000340. The Morgan fingerprint density at radius 2 is 0.530 bits per heavy atom. The maximum atomic E-state index is 15.5. The molecule has 48 heteroatoms. The second-order valence-corrected chi connectivity index (χ2v) is 35.9. The maximum Gasteiger partial charge on any atom is 0.303 e. The maximum absolute atomic E-state index is 15.5. The lowest BCUT2D eigenvalue weighted by Gasteiger charge is -2.47. The van der Waals surface area contributed by atoms with Gasteiger partial charge in [-0.3, -0.25) is 96.0 Å². The minimum Gasteiger partial charge on any atom is -0.463 e. The highest BCUT2D eigenvalue weighted by molar-refractivity contribution is 5.80. The fraction of sp³-hybridized carbons (Fsp3) is 0.634. The van der Waals surface area contributed by atoms with Crippen LogP contribution in [0, 0.1) is 0 Å². The number of hydrogen-bond acceptors (Lipinski definition) is 40. The van der Waals surface area contributed by atoms with Crippen LogP contribution in [-0.4, -0.2) is 361 Å². The highest BCUT2D eigenvalue weighted by atomic mass is 16.7. The molecule has 8 amide bonds. The van der Waals surface area contributed by atoms with Crippen molar-refractivity contribution >= 4 is 113 Å². The smallest absolute Gasteiger partial charge is 0.303 e. The van der Waals surface area contributed by atoms with E-state index >= 15 is 9.59 Å². The van der Waals surface area contributed by atoms with Gasteiger partial charge in [-0.15, -0.1) is 0 Å². The summed E-state index contributed by atoms with van der Waals surface area (Å²) in [5, 5.41) is 27.9. The summed E-state index contributed by atoms with van der Waals surface area (Å²) in [6.07, 6.45) is -21.4. The predicted molar refractivity (Wildman–Crippen MR) is 516 cm³/mol. The Kier molecular flexibility index (Phi) is 52.3. The van der Waals surface area contributed by atoms with E-state index in [4.69, 9.17) is 90.0 Å². The fourth-order valence-electron chi connectivity index (χ4n) is 17.6. The minimum atomic E-state index is -1.62. The number of ether oxygens (including phenoxy) is 19. The third-order valence-corrected chi connectivity index (χ3v) is 23.7. The van der Waals surface area contributed by atoms with Crippen molar-refractivity contribution in [3.63, 3.8) is 0 Å². The lowest BCUT2D eigenvalue weighted by molar-refractivity contribution is -0.277. The van der Waals surface area contributed by atoms with Gasteiger partial charge in [0, 0.05) is 208 Å². The first kappa shape index (κ1) is 123. The van der Waals surface area contributed by atoms with Crippen LogP contribution in [0.5, 0.6) is 0 Å². The van der Waals surface area contributed by atoms with E-state index in [1.165, 1.54) is 27.7 Å². The number of unbranched alkanes of at least 4 members (excludes halogenated alkanes) is 4. The number of amides is 8. The van der Waals surface area contributed by atoms with Gasteiger partial charge in [0.25, 0.3) is 0 Å². The summed E-state index contributed by atoms with van der Waals surface area (Å²) in [6.45, 7) is 13.8. The van der Waals surface area contributed by atoms with Gasteiger partial charge in [0.15, 0.2) is 67.9 Å². The second kappa shape index (κ2) is 63.2. The van der Waals surface area contributed by atoms with Gasteiger partial charge in [0.1, 0.15) is 81.1 Å². The summed E-state index contributed by atoms with van der Waals surface area (Å²) in [4.78, 5) is 252. The van der Waals surface area contributed by atoms with E-state index in [1.807, 2.05) is 91.0 Å². The molecule has 826 valence electrons. The van der Waals surface area contributed by atoms with E-state index in [9.17, 15) is 86.6 Å². The summed E-state index contributed by atoms with van der Waals surface area (Å²) >= 11 is 0. The van der Waals surface area contributed by atoms with Gasteiger partial charge >= 0.3 is 65.7 Å². The Morgan fingerprint density at radius 3 is 0.792 bits per heavy atom. The predicted octanol–water partition coefficient (Wildman–Crippen LogP) is 1.97. The third-order valence-electron chi connectivity index (χ3n) is 23.7. The molecule has 0 spiro atoms. The van der Waals surface area contributed by atoms with Gasteiger partial charge < -0.3 is 137 Å². The number of rotatable bonds is 59. The molecule has 0 aromatic heterocycles. The average Bonchev–Trinajstić information content (AvgIpc) is 0.735. The van der Waals surface area contributed by atoms with Gasteiger partial charge in [-0.25, -0.2) is 0 Å². The van der Waals surface area contributed by atoms with E-state index < -0.39 is 267 Å². The van der Waals surface area contributed by atoms with Gasteiger partial charge in [0.2, 0.25) is 47.3 Å². The van der Waals surface area contributed by atoms with E-state index in [1.54, 1.807) is 9.80 Å². The molecule has 0 aliphatic carbocycles. The number of carbonyl (C=O) groups excluding carboxylic acids is 19. The van der Waals surface area contributed by atoms with Crippen molar-refractivity contribution in [1.29, 1.82) is 0 Å². The Hall–Kier alpha value is -12.8. The van der Waals surface area contributed by atoms with Gasteiger partial charge in [0.05, 0.1) is 5.54 Å². The molecule has 4 aliphatic rings. The largest absolute Gasteiger partial charge is 0.463 e. The van der Waals surface area contributed by atoms with Crippen LogP contribution >= 0.6 is 0 Å². The van der Waals surface area contributed by atoms with Crippen LogP contribution in [0.1, 0.15) is 198 Å². The van der Waals surface area contributed by atoms with Crippen molar-refractivity contribution in [3.05, 3.63) is 108 Å². The SMILES string of the molecule is CC(=O)NC1[C@H](OCCCCC(=O)N(CCNC(=O)CCCCO[C@@H]2OC(COC(C)=O)[C@H](OC(C)=O)[C@H](OC(C)=O)C2NC(C)=O)CCN(CCN(CCNC(=O)CCCCO[C@@H]2OC(COC(C)=O)[C@H](OC(C)=O)[C@H](OC(C)=O)C2NC(C)=O)C(=O)CCCCO[C@@H]2OC(COC(C)=O)[C@H](OC(C)=O)[C@H](OC(C)=O)C2NC(C)=O)C(c2ccccc2)(c2ccccc2)c2ccccc2)OC(COC(C)=O)[C@H](O)[C@@H]1OC(C)=O. The van der Waals surface area contributed by atoms with Crippen molar-refractivity contribution in [3.8, 4) is 0 Å². The zero-order chi connectivity index (χ0) is 110. The summed E-state index contributed by atoms with van der Waals surface area (Å²) in [6, 6.07) is 23.4. The molecular formula is C101H143N9O39. The van der Waals surface area contributed by atoms with E-state index in [-0.39, 0.29) is 156 Å². The molecule has 8 unspecified atom stereocenters. The number of esters is 11. The summed E-state index contributed by atoms with van der Waals surface area (Å²) in [7, 11) is 0. The van der Waals surface area contributed by atoms with Crippen LogP contribution in [0.2, 0.25) is 0 Å². The second-order valence-electron chi connectivity index (χ2n) is 35.9. The summed E-state index contributed by atoms with van der Waals surface area (Å²) in [5.74, 6) is -12.8. The molecule has 7 N–H and O–H groups in total. The van der Waals surface area contributed by atoms with E-state index in [0.29, 0.717) is 0 Å². The van der Waals surface area contributed by atoms with Crippen LogP contribution < -0.4 is 31.9 Å². The average molecular weight is 2110 g/mol. The van der Waals surface area contributed by atoms with Crippen molar-refractivity contribution in [2.45, 2.75) is 309 Å². The van der Waals surface area contributed by atoms with E-state index in [0.717, 1.165) is 92.9 Å². The van der Waals surface area contributed by atoms with Gasteiger partial charge in [-0.2, -0.15) is 0 Å². The zero-order valence-electron chi connectivity index (χ0n) is 86.8. The lowest BCUT2D eigenvalue weighted by atomic mass is 9.75. The number of carbonyl (C=O) groups is 19. The van der Waals surface area contributed by atoms with Crippen molar-refractivity contribution in [2.75, 3.05) is 105 Å². The molecule has 149 heavy (non-hydrogen) atoms. The molecule has 4 aliphatic heterocycles. The molecular weight excluding hydrogens is 1960 g/mol. The van der Waals surface area contributed by atoms with Crippen molar-refractivity contribution in [2.24, 2.45) is 0 Å². The van der Waals surface area contributed by atoms with Crippen LogP contribution in [0.25, 0.3) is 0 Å². The third kappa shape index (κ3) is 41.2. The first-order valence-corrected chi connectivity index (χ1v) is 49.5. The molecule has 3 aromatic rings. The molecule has 4 heterocycles. The lowest BCUT2D eigenvalue weighted by Crippen LogP contribution is -2.66. The first-order valence-electron chi connectivity index (χ1n) is 49.5. The highest BCUT2D eigenvalue weighted by Gasteiger charge is 2.56. The summed E-state index contributed by atoms with van der Waals surface area (Å²) < 4.78 is 109. The molecule has 20 atom stereocenters. The first-order chi connectivity index (χ1) is 70.9. The molecule has 4 saturated heterocycles. The quantitative estimate of drug-likeness (QED) is 0.0184. The Morgan fingerprint density at radius 1 is 0.289 bits per heavy atom. The Bertz CT molecular complexity index is 4810. The number of nitrogens with zero attached hydrogens (tertiary/aromatic N) is 3. The number of aliphatic hydroxyl groups is 1. The monoisotopic (exact) mass is 2110 g/mol. The van der Waals surface area contributed by atoms with Crippen LogP contribution in [0.4, 0.5) is 0 Å². The number of nitrogens with one attached hydrogen (secondary N) is 6. The number of aliphatic hydroxyl groups excluding tert-OH is 1.